The summed E-state index contributed by atoms with van der Waals surface area (Å²) in [5, 5.41) is 2.41. The molecule has 2 fully saturated rings. The van der Waals surface area contributed by atoms with Gasteiger partial charge in [0.1, 0.15) is 12.2 Å². The van der Waals surface area contributed by atoms with Crippen LogP contribution < -0.4 is 5.32 Å². The highest BCUT2D eigenvalue weighted by Gasteiger charge is 2.71. The topological polar surface area (TPSA) is 86.4 Å². The van der Waals surface area contributed by atoms with Gasteiger partial charge in [0.05, 0.1) is 23.9 Å². The number of benzene rings is 1. The van der Waals surface area contributed by atoms with E-state index < -0.39 is 24.0 Å². The molecule has 1 N–H and O–H groups in total. The quantitative estimate of drug-likeness (QED) is 0.655. The van der Waals surface area contributed by atoms with Crippen LogP contribution in [0.2, 0.25) is 0 Å². The van der Waals surface area contributed by atoms with Crippen molar-refractivity contribution >= 4 is 12.1 Å². The number of carbonyl (C=O) groups excluding carboxylic acids is 2. The first-order valence-electron chi connectivity index (χ1n) is 8.65. The summed E-state index contributed by atoms with van der Waals surface area (Å²) < 4.78 is 22.1. The lowest BCUT2D eigenvalue weighted by Gasteiger charge is -2.35. The highest BCUT2D eigenvalue weighted by molar-refractivity contribution is 5.89. The smallest absolute Gasteiger partial charge is 0.409 e. The number of esters is 1. The highest BCUT2D eigenvalue weighted by atomic mass is 16.7. The number of fused-ring (bicyclic) bond motifs is 3. The van der Waals surface area contributed by atoms with E-state index in [0.29, 0.717) is 12.0 Å². The van der Waals surface area contributed by atoms with Crippen LogP contribution in [0.5, 0.6) is 0 Å². The minimum absolute atomic E-state index is 0.0420. The van der Waals surface area contributed by atoms with Gasteiger partial charge in [-0.1, -0.05) is 30.3 Å². The molecule has 0 radical (unpaired) electrons. The molecule has 2 heterocycles. The Bertz CT molecular complexity index is 748. The summed E-state index contributed by atoms with van der Waals surface area (Å²) >= 11 is 0. The number of carbonyl (C=O) groups is 2. The summed E-state index contributed by atoms with van der Waals surface area (Å²) in [6, 6.07) is 9.49. The fourth-order valence-corrected chi connectivity index (χ4v) is 3.99. The van der Waals surface area contributed by atoms with E-state index in [4.69, 9.17) is 18.9 Å². The molecule has 0 unspecified atom stereocenters. The average molecular weight is 359 g/mol. The Balaban J connectivity index is 1.49. The SMILES string of the molecule is CNC(=O)O[C@@H]1OC=C(C(=O)OCc2ccccc2)[C@H]2C[C@@H]3O[C@]3(C)[C@H]12. The Hall–Kier alpha value is -2.54. The number of amides is 1. The average Bonchev–Trinajstić information content (AvgIpc) is 3.21. The van der Waals surface area contributed by atoms with Crippen LogP contribution in [0, 0.1) is 11.8 Å². The maximum absolute atomic E-state index is 12.6. The molecular formula is C19H21NO6. The van der Waals surface area contributed by atoms with E-state index in [1.54, 1.807) is 0 Å². The molecule has 1 saturated heterocycles. The van der Waals surface area contributed by atoms with E-state index in [1.165, 1.54) is 13.3 Å². The predicted octanol–water partition coefficient (Wildman–Crippen LogP) is 2.12. The molecule has 1 aliphatic carbocycles. The van der Waals surface area contributed by atoms with Crippen LogP contribution in [0.25, 0.3) is 0 Å². The summed E-state index contributed by atoms with van der Waals surface area (Å²) in [5.74, 6) is -0.772. The molecule has 2 aliphatic heterocycles. The van der Waals surface area contributed by atoms with Gasteiger partial charge in [0.2, 0.25) is 0 Å². The maximum Gasteiger partial charge on any atom is 0.409 e. The molecule has 7 heteroatoms. The van der Waals surface area contributed by atoms with Crippen molar-refractivity contribution in [3.8, 4) is 0 Å². The number of alkyl carbamates (subject to hydrolysis) is 1. The van der Waals surface area contributed by atoms with Crippen molar-refractivity contribution in [2.24, 2.45) is 11.8 Å². The zero-order valence-corrected chi connectivity index (χ0v) is 14.6. The van der Waals surface area contributed by atoms with Crippen molar-refractivity contribution in [3.63, 3.8) is 0 Å². The minimum atomic E-state index is -0.789. The number of rotatable bonds is 4. The van der Waals surface area contributed by atoms with E-state index in [-0.39, 0.29) is 24.5 Å². The van der Waals surface area contributed by atoms with Gasteiger partial charge in [-0.05, 0) is 18.9 Å². The van der Waals surface area contributed by atoms with Gasteiger partial charge in [-0.3, -0.25) is 0 Å². The molecule has 4 rings (SSSR count). The van der Waals surface area contributed by atoms with Crippen LogP contribution in [0.15, 0.2) is 42.2 Å². The van der Waals surface area contributed by atoms with Gasteiger partial charge in [0.25, 0.3) is 6.29 Å². The second kappa shape index (κ2) is 6.32. The van der Waals surface area contributed by atoms with E-state index >= 15 is 0 Å². The molecule has 3 aliphatic rings. The van der Waals surface area contributed by atoms with Gasteiger partial charge in [-0.25, -0.2) is 9.59 Å². The zero-order chi connectivity index (χ0) is 18.3. The van der Waals surface area contributed by atoms with Crippen molar-refractivity contribution in [1.29, 1.82) is 0 Å². The van der Waals surface area contributed by atoms with Crippen molar-refractivity contribution in [2.75, 3.05) is 7.05 Å². The Morgan fingerprint density at radius 2 is 2.08 bits per heavy atom. The zero-order valence-electron chi connectivity index (χ0n) is 14.6. The fraction of sp³-hybridized carbons (Fsp3) is 0.474. The van der Waals surface area contributed by atoms with E-state index in [2.05, 4.69) is 5.32 Å². The number of hydrogen-bond donors (Lipinski definition) is 1. The van der Waals surface area contributed by atoms with E-state index in [1.807, 2.05) is 37.3 Å². The van der Waals surface area contributed by atoms with Crippen LogP contribution in [0.1, 0.15) is 18.9 Å². The molecule has 0 aromatic heterocycles. The van der Waals surface area contributed by atoms with Gasteiger partial charge < -0.3 is 24.3 Å². The molecular weight excluding hydrogens is 338 g/mol. The number of hydrogen-bond acceptors (Lipinski definition) is 6. The largest absolute Gasteiger partial charge is 0.461 e. The summed E-state index contributed by atoms with van der Waals surface area (Å²) in [6.45, 7) is 2.16. The maximum atomic E-state index is 12.6. The molecule has 26 heavy (non-hydrogen) atoms. The van der Waals surface area contributed by atoms with Gasteiger partial charge in [-0.2, -0.15) is 0 Å². The summed E-state index contributed by atoms with van der Waals surface area (Å²) in [5.41, 5.74) is 0.947. The van der Waals surface area contributed by atoms with Crippen LogP contribution in [-0.2, 0) is 30.3 Å². The summed E-state index contributed by atoms with van der Waals surface area (Å²) in [6.07, 6.45) is 0.731. The van der Waals surface area contributed by atoms with Crippen molar-refractivity contribution < 1.29 is 28.5 Å². The summed E-state index contributed by atoms with van der Waals surface area (Å²) in [4.78, 5) is 24.2. The fourth-order valence-electron chi connectivity index (χ4n) is 3.99. The van der Waals surface area contributed by atoms with Crippen LogP contribution in [0.4, 0.5) is 4.79 Å². The lowest BCUT2D eigenvalue weighted by molar-refractivity contribution is -0.152. The monoisotopic (exact) mass is 359 g/mol. The first-order chi connectivity index (χ1) is 12.5. The molecule has 7 nitrogen and oxygen atoms in total. The Labute approximate surface area is 151 Å². The van der Waals surface area contributed by atoms with Crippen molar-refractivity contribution in [3.05, 3.63) is 47.7 Å². The van der Waals surface area contributed by atoms with Crippen molar-refractivity contribution in [2.45, 2.75) is 37.9 Å². The van der Waals surface area contributed by atoms with Crippen LogP contribution >= 0.6 is 0 Å². The molecule has 138 valence electrons. The van der Waals surface area contributed by atoms with Crippen molar-refractivity contribution in [1.82, 2.24) is 5.32 Å². The molecule has 1 aromatic carbocycles. The summed E-state index contributed by atoms with van der Waals surface area (Å²) in [7, 11) is 1.48. The third-order valence-corrected chi connectivity index (χ3v) is 5.44. The van der Waals surface area contributed by atoms with E-state index in [9.17, 15) is 9.59 Å². The van der Waals surface area contributed by atoms with Gasteiger partial charge in [0, 0.05) is 13.0 Å². The first kappa shape index (κ1) is 16.9. The second-order valence-corrected chi connectivity index (χ2v) is 6.95. The molecule has 0 spiro atoms. The van der Waals surface area contributed by atoms with E-state index in [0.717, 1.165) is 5.56 Å². The molecule has 1 amide bonds. The lowest BCUT2D eigenvalue weighted by Crippen LogP contribution is -2.44. The second-order valence-electron chi connectivity index (χ2n) is 6.95. The predicted molar refractivity (Wildman–Crippen MR) is 89.6 cm³/mol. The Morgan fingerprint density at radius 1 is 1.31 bits per heavy atom. The molecule has 0 bridgehead atoms. The standard InChI is InChI=1S/C19H21NO6/c1-19-14(26-19)8-12-13(10-24-17(15(12)19)25-18(22)20-2)16(21)23-9-11-6-4-3-5-7-11/h3-7,10,12,14-15,17H,8-9H2,1-2H3,(H,20,22)/t12-,14+,15+,17+,19+/m1/s1. The van der Waals surface area contributed by atoms with Gasteiger partial charge in [0.15, 0.2) is 0 Å². The number of ether oxygens (including phenoxy) is 4. The lowest BCUT2D eigenvalue weighted by atomic mass is 9.82. The number of epoxide rings is 1. The first-order valence-corrected chi connectivity index (χ1v) is 8.65. The van der Waals surface area contributed by atoms with Gasteiger partial charge in [-0.15, -0.1) is 0 Å². The minimum Gasteiger partial charge on any atom is -0.461 e. The molecule has 5 atom stereocenters. The normalized spacial score (nSPS) is 33.8. The Kier molecular flexibility index (Phi) is 4.11. The Morgan fingerprint density at radius 3 is 2.81 bits per heavy atom. The van der Waals surface area contributed by atoms with Gasteiger partial charge >= 0.3 is 12.1 Å². The highest BCUT2D eigenvalue weighted by Crippen LogP contribution is 2.61. The molecule has 1 saturated carbocycles. The van der Waals surface area contributed by atoms with Crippen LogP contribution in [-0.4, -0.2) is 37.1 Å². The third kappa shape index (κ3) is 2.82. The third-order valence-electron chi connectivity index (χ3n) is 5.44. The molecule has 1 aromatic rings. The number of nitrogens with one attached hydrogen (secondary N) is 1. The van der Waals surface area contributed by atoms with Crippen LogP contribution in [0.3, 0.4) is 0 Å².